The monoisotopic (exact) mass is 255 g/mol. The van der Waals surface area contributed by atoms with Gasteiger partial charge in [0, 0.05) is 13.5 Å². The van der Waals surface area contributed by atoms with E-state index >= 15 is 0 Å². The molecule has 1 N–H and O–H groups in total. The molecule has 0 aromatic rings. The Bertz CT molecular complexity index is 384. The summed E-state index contributed by atoms with van der Waals surface area (Å²) in [6.07, 6.45) is 1.22. The zero-order valence-corrected chi connectivity index (χ0v) is 10.5. The van der Waals surface area contributed by atoms with Gasteiger partial charge >= 0.3 is 5.97 Å². The van der Waals surface area contributed by atoms with Crippen molar-refractivity contribution in [2.24, 2.45) is 0 Å². The summed E-state index contributed by atoms with van der Waals surface area (Å²) in [6.45, 7) is 1.86. The molecule has 0 radical (unpaired) electrons. The van der Waals surface area contributed by atoms with Gasteiger partial charge in [0.2, 0.25) is 5.91 Å². The van der Waals surface area contributed by atoms with Crippen LogP contribution in [-0.4, -0.2) is 60.1 Å². The van der Waals surface area contributed by atoms with Gasteiger partial charge in [0.05, 0.1) is 0 Å². The lowest BCUT2D eigenvalue weighted by molar-refractivity contribution is -0.178. The van der Waals surface area contributed by atoms with Gasteiger partial charge in [-0.3, -0.25) is 14.6 Å². The van der Waals surface area contributed by atoms with Crippen LogP contribution in [0.4, 0.5) is 0 Å². The molecule has 100 valence electrons. The number of nitrogens with one attached hydrogen (secondary N) is 1. The Hall–Kier alpha value is -1.63. The highest BCUT2D eigenvalue weighted by atomic mass is 16.5. The fourth-order valence-electron chi connectivity index (χ4n) is 2.33. The van der Waals surface area contributed by atoms with Gasteiger partial charge < -0.3 is 10.1 Å². The van der Waals surface area contributed by atoms with Crippen LogP contribution in [0.15, 0.2) is 0 Å². The van der Waals surface area contributed by atoms with Crippen LogP contribution >= 0.6 is 0 Å². The van der Waals surface area contributed by atoms with Crippen molar-refractivity contribution in [1.82, 2.24) is 15.3 Å². The fraction of sp³-hybridized carbons (Fsp3) is 0.727. The van der Waals surface area contributed by atoms with Gasteiger partial charge in [-0.25, -0.2) is 9.80 Å². The Kier molecular flexibility index (Phi) is 3.51. The Morgan fingerprint density at radius 1 is 1.44 bits per heavy atom. The second-order valence-electron chi connectivity index (χ2n) is 4.45. The first kappa shape index (κ1) is 12.8. The maximum Gasteiger partial charge on any atom is 0.331 e. The third kappa shape index (κ3) is 2.05. The Morgan fingerprint density at radius 2 is 2.17 bits per heavy atom. The first-order valence-electron chi connectivity index (χ1n) is 6.01. The molecule has 2 saturated heterocycles. The van der Waals surface area contributed by atoms with Crippen LogP contribution in [0.3, 0.4) is 0 Å². The minimum atomic E-state index is -0.673. The number of hydrogen-bond acceptors (Lipinski definition) is 5. The van der Waals surface area contributed by atoms with Crippen LogP contribution in [0.25, 0.3) is 0 Å². The van der Waals surface area contributed by atoms with E-state index in [4.69, 9.17) is 4.74 Å². The molecule has 2 aliphatic heterocycles. The maximum atomic E-state index is 12.3. The molecule has 18 heavy (non-hydrogen) atoms. The number of hydrogen-bond donors (Lipinski definition) is 1. The molecule has 0 aromatic heterocycles. The number of carbonyl (C=O) groups is 3. The molecular weight excluding hydrogens is 238 g/mol. The summed E-state index contributed by atoms with van der Waals surface area (Å²) >= 11 is 0. The second-order valence-corrected chi connectivity index (χ2v) is 4.45. The SMILES string of the molecule is CN[C@H]1COC(=O)[C@H]2CCCN(C(C)=O)N2C1=O. The molecule has 2 amide bonds. The number of fused-ring (bicyclic) bond motifs is 1. The van der Waals surface area contributed by atoms with Gasteiger partial charge in [0.25, 0.3) is 5.91 Å². The Balaban J connectivity index is 2.34. The van der Waals surface area contributed by atoms with Gasteiger partial charge in [0.1, 0.15) is 12.6 Å². The van der Waals surface area contributed by atoms with Gasteiger partial charge in [-0.2, -0.15) is 0 Å². The van der Waals surface area contributed by atoms with Crippen LogP contribution in [0, 0.1) is 0 Å². The van der Waals surface area contributed by atoms with Crippen molar-refractivity contribution in [3.63, 3.8) is 0 Å². The fourth-order valence-corrected chi connectivity index (χ4v) is 2.33. The van der Waals surface area contributed by atoms with E-state index in [1.54, 1.807) is 7.05 Å². The first-order valence-corrected chi connectivity index (χ1v) is 6.01. The predicted molar refractivity (Wildman–Crippen MR) is 61.1 cm³/mol. The molecule has 2 atom stereocenters. The van der Waals surface area contributed by atoms with E-state index in [-0.39, 0.29) is 18.4 Å². The van der Waals surface area contributed by atoms with Crippen molar-refractivity contribution in [3.8, 4) is 0 Å². The summed E-state index contributed by atoms with van der Waals surface area (Å²) < 4.78 is 5.07. The minimum absolute atomic E-state index is 0.00686. The number of cyclic esters (lactones) is 1. The lowest BCUT2D eigenvalue weighted by Gasteiger charge is -2.41. The lowest BCUT2D eigenvalue weighted by atomic mass is 10.1. The van der Waals surface area contributed by atoms with Crippen molar-refractivity contribution >= 4 is 17.8 Å². The number of esters is 1. The molecule has 0 aliphatic carbocycles. The Morgan fingerprint density at radius 3 is 2.78 bits per heavy atom. The Labute approximate surface area is 105 Å². The third-order valence-corrected chi connectivity index (χ3v) is 3.30. The van der Waals surface area contributed by atoms with Crippen molar-refractivity contribution < 1.29 is 19.1 Å². The van der Waals surface area contributed by atoms with Crippen LogP contribution < -0.4 is 5.32 Å². The third-order valence-electron chi connectivity index (χ3n) is 3.30. The van der Waals surface area contributed by atoms with E-state index in [1.165, 1.54) is 16.9 Å². The summed E-state index contributed by atoms with van der Waals surface area (Å²) in [7, 11) is 1.62. The average molecular weight is 255 g/mol. The number of hydrazine groups is 1. The van der Waals surface area contributed by atoms with Gasteiger partial charge in [-0.15, -0.1) is 0 Å². The molecule has 2 heterocycles. The molecule has 7 nitrogen and oxygen atoms in total. The zero-order chi connectivity index (χ0) is 13.3. The highest BCUT2D eigenvalue weighted by Gasteiger charge is 2.44. The van der Waals surface area contributed by atoms with Crippen molar-refractivity contribution in [3.05, 3.63) is 0 Å². The molecule has 0 unspecified atom stereocenters. The smallest absolute Gasteiger partial charge is 0.331 e. The number of carbonyl (C=O) groups excluding carboxylic acids is 3. The quantitative estimate of drug-likeness (QED) is 0.601. The van der Waals surface area contributed by atoms with Crippen molar-refractivity contribution in [2.45, 2.75) is 31.8 Å². The predicted octanol–water partition coefficient (Wildman–Crippen LogP) is -1.11. The molecule has 2 rings (SSSR count). The molecular formula is C11H17N3O4. The molecule has 2 aliphatic rings. The molecule has 0 saturated carbocycles. The van der Waals surface area contributed by atoms with Crippen molar-refractivity contribution in [1.29, 1.82) is 0 Å². The van der Waals surface area contributed by atoms with E-state index < -0.39 is 18.1 Å². The number of likely N-dealkylation sites (N-methyl/N-ethyl adjacent to an activating group) is 1. The van der Waals surface area contributed by atoms with E-state index in [9.17, 15) is 14.4 Å². The van der Waals surface area contributed by atoms with Crippen LogP contribution in [-0.2, 0) is 19.1 Å². The molecule has 0 spiro atoms. The first-order chi connectivity index (χ1) is 8.56. The van der Waals surface area contributed by atoms with Gasteiger partial charge in [-0.05, 0) is 19.9 Å². The molecule has 7 heteroatoms. The highest BCUT2D eigenvalue weighted by Crippen LogP contribution is 2.23. The van der Waals surface area contributed by atoms with Gasteiger partial charge in [-0.1, -0.05) is 0 Å². The van der Waals surface area contributed by atoms with E-state index in [0.717, 1.165) is 0 Å². The number of nitrogens with zero attached hydrogens (tertiary/aromatic N) is 2. The normalized spacial score (nSPS) is 28.6. The van der Waals surface area contributed by atoms with Crippen molar-refractivity contribution in [2.75, 3.05) is 20.2 Å². The second kappa shape index (κ2) is 4.93. The summed E-state index contributed by atoms with van der Waals surface area (Å²) in [5.74, 6) is -0.965. The average Bonchev–Trinajstić information content (AvgIpc) is 2.48. The lowest BCUT2D eigenvalue weighted by Crippen LogP contribution is -2.61. The number of amides is 2. The molecule has 0 bridgehead atoms. The summed E-state index contributed by atoms with van der Waals surface area (Å²) in [5.41, 5.74) is 0. The van der Waals surface area contributed by atoms with Crippen LogP contribution in [0.2, 0.25) is 0 Å². The van der Waals surface area contributed by atoms with Gasteiger partial charge in [0.15, 0.2) is 6.04 Å². The van der Waals surface area contributed by atoms with Crippen LogP contribution in [0.5, 0.6) is 0 Å². The summed E-state index contributed by atoms with van der Waals surface area (Å²) in [5, 5.41) is 5.41. The van der Waals surface area contributed by atoms with E-state index in [2.05, 4.69) is 5.32 Å². The highest BCUT2D eigenvalue weighted by molar-refractivity contribution is 5.91. The number of rotatable bonds is 1. The largest absolute Gasteiger partial charge is 0.462 e. The minimum Gasteiger partial charge on any atom is -0.462 e. The van der Waals surface area contributed by atoms with E-state index in [0.29, 0.717) is 19.4 Å². The summed E-state index contributed by atoms with van der Waals surface area (Å²) in [4.78, 5) is 35.7. The maximum absolute atomic E-state index is 12.3. The van der Waals surface area contributed by atoms with E-state index in [1.807, 2.05) is 0 Å². The summed E-state index contributed by atoms with van der Waals surface area (Å²) in [6, 6.07) is -1.27. The number of ether oxygens (including phenoxy) is 1. The molecule has 0 aromatic carbocycles. The van der Waals surface area contributed by atoms with Crippen LogP contribution in [0.1, 0.15) is 19.8 Å². The topological polar surface area (TPSA) is 79.0 Å². The zero-order valence-electron chi connectivity index (χ0n) is 10.5. The molecule has 2 fully saturated rings. The standard InChI is InChI=1S/C11H17N3O4/c1-7(15)13-5-3-4-9-11(17)18-6-8(12-2)10(16)14(9)13/h8-9,12H,3-6H2,1-2H3/t8-,9+/m0/s1.